The molecular weight excluding hydrogens is 376 g/mol. The summed E-state index contributed by atoms with van der Waals surface area (Å²) < 4.78 is 31.1. The maximum Gasteiger partial charge on any atom is 0.307 e. The van der Waals surface area contributed by atoms with Gasteiger partial charge in [-0.1, -0.05) is 31.2 Å². The summed E-state index contributed by atoms with van der Waals surface area (Å²) in [6.07, 6.45) is 0.601. The van der Waals surface area contributed by atoms with Crippen LogP contribution in [0.2, 0.25) is 0 Å². The third-order valence-corrected chi connectivity index (χ3v) is 6.28. The molecule has 0 saturated carbocycles. The van der Waals surface area contributed by atoms with E-state index in [1.54, 1.807) is 23.6 Å². The van der Waals surface area contributed by atoms with Gasteiger partial charge in [0.2, 0.25) is 10.0 Å². The van der Waals surface area contributed by atoms with Crippen LogP contribution in [0.15, 0.2) is 46.0 Å². The lowest BCUT2D eigenvalue weighted by Gasteiger charge is -2.10. The molecule has 1 aromatic heterocycles. The van der Waals surface area contributed by atoms with Crippen molar-refractivity contribution in [3.63, 3.8) is 0 Å². The fourth-order valence-corrected chi connectivity index (χ4v) is 4.20. The maximum absolute atomic E-state index is 11.9. The lowest BCUT2D eigenvalue weighted by Crippen LogP contribution is -2.27. The molecule has 0 aliphatic heterocycles. The maximum atomic E-state index is 11.9. The number of nitrogens with one attached hydrogen (secondary N) is 2. The number of anilines is 1. The number of ether oxygens (including phenoxy) is 1. The Morgan fingerprint density at radius 2 is 1.92 bits per heavy atom. The van der Waals surface area contributed by atoms with E-state index < -0.39 is 28.5 Å². The van der Waals surface area contributed by atoms with E-state index >= 15 is 0 Å². The van der Waals surface area contributed by atoms with Crippen molar-refractivity contribution in [1.82, 2.24) is 4.72 Å². The van der Waals surface area contributed by atoms with E-state index in [-0.39, 0.29) is 17.2 Å². The first-order valence-electron chi connectivity index (χ1n) is 7.99. The number of carbonyl (C=O) groups is 2. The topological polar surface area (TPSA) is 102 Å². The summed E-state index contributed by atoms with van der Waals surface area (Å²) in [5.41, 5.74) is 1.66. The lowest BCUT2D eigenvalue weighted by atomic mass is 10.1. The van der Waals surface area contributed by atoms with Gasteiger partial charge in [0.25, 0.3) is 5.91 Å². The predicted molar refractivity (Wildman–Crippen MR) is 99.5 cm³/mol. The first kappa shape index (κ1) is 20.1. The van der Waals surface area contributed by atoms with Gasteiger partial charge in [0.1, 0.15) is 4.21 Å². The van der Waals surface area contributed by atoms with Crippen molar-refractivity contribution in [1.29, 1.82) is 0 Å². The van der Waals surface area contributed by atoms with Gasteiger partial charge >= 0.3 is 5.97 Å². The first-order chi connectivity index (χ1) is 12.4. The molecule has 26 heavy (non-hydrogen) atoms. The monoisotopic (exact) mass is 396 g/mol. The van der Waals surface area contributed by atoms with Crippen molar-refractivity contribution in [3.8, 4) is 0 Å². The second kappa shape index (κ2) is 9.46. The van der Waals surface area contributed by atoms with E-state index in [1.165, 1.54) is 6.07 Å². The van der Waals surface area contributed by atoms with E-state index in [4.69, 9.17) is 4.74 Å². The Kier molecular flexibility index (Phi) is 7.31. The van der Waals surface area contributed by atoms with E-state index in [9.17, 15) is 18.0 Å². The van der Waals surface area contributed by atoms with Gasteiger partial charge in [-0.3, -0.25) is 9.59 Å². The molecule has 0 bridgehead atoms. The minimum absolute atomic E-state index is 0.0979. The number of hydrogen-bond donors (Lipinski definition) is 2. The fraction of sp³-hybridized carbons (Fsp3) is 0.294. The van der Waals surface area contributed by atoms with Crippen LogP contribution in [0.1, 0.15) is 18.9 Å². The van der Waals surface area contributed by atoms with Crippen molar-refractivity contribution in [2.75, 3.05) is 18.5 Å². The summed E-state index contributed by atoms with van der Waals surface area (Å²) in [6, 6.07) is 10.5. The number of carbonyl (C=O) groups excluding carboxylic acids is 2. The van der Waals surface area contributed by atoms with Crippen LogP contribution < -0.4 is 10.0 Å². The molecule has 7 nitrogen and oxygen atoms in total. The van der Waals surface area contributed by atoms with Crippen LogP contribution in [-0.4, -0.2) is 33.4 Å². The van der Waals surface area contributed by atoms with Crippen LogP contribution in [0, 0.1) is 0 Å². The van der Waals surface area contributed by atoms with Gasteiger partial charge in [-0.2, -0.15) is 0 Å². The van der Waals surface area contributed by atoms with E-state index in [0.29, 0.717) is 5.69 Å². The Labute approximate surface area is 156 Å². The lowest BCUT2D eigenvalue weighted by molar-refractivity contribution is -0.147. The molecule has 0 aliphatic carbocycles. The molecule has 0 spiro atoms. The van der Waals surface area contributed by atoms with Gasteiger partial charge in [0.05, 0.1) is 6.42 Å². The van der Waals surface area contributed by atoms with Gasteiger partial charge in [-0.25, -0.2) is 13.1 Å². The van der Waals surface area contributed by atoms with Crippen LogP contribution in [0.25, 0.3) is 0 Å². The molecule has 2 rings (SSSR count). The molecule has 0 fully saturated rings. The zero-order chi connectivity index (χ0) is 19.0. The number of hydrogen-bond acceptors (Lipinski definition) is 6. The van der Waals surface area contributed by atoms with Gasteiger partial charge in [-0.05, 0) is 29.5 Å². The van der Waals surface area contributed by atoms with Gasteiger partial charge < -0.3 is 10.1 Å². The fourth-order valence-electron chi connectivity index (χ4n) is 2.13. The number of thiophene rings is 1. The normalized spacial score (nSPS) is 11.1. The molecule has 9 heteroatoms. The van der Waals surface area contributed by atoms with E-state index in [0.717, 1.165) is 23.3 Å². The largest absolute Gasteiger partial charge is 0.456 e. The van der Waals surface area contributed by atoms with Crippen molar-refractivity contribution < 1.29 is 22.7 Å². The molecule has 1 heterocycles. The van der Waals surface area contributed by atoms with Gasteiger partial charge in [0, 0.05) is 12.2 Å². The molecule has 140 valence electrons. The van der Waals surface area contributed by atoms with Gasteiger partial charge in [0.15, 0.2) is 6.61 Å². The molecule has 0 atom stereocenters. The van der Waals surface area contributed by atoms with Crippen LogP contribution in [-0.2, 0) is 30.8 Å². The second-order valence-corrected chi connectivity index (χ2v) is 8.24. The zero-order valence-corrected chi connectivity index (χ0v) is 15.9. The minimum Gasteiger partial charge on any atom is -0.456 e. The Morgan fingerprint density at radius 3 is 2.62 bits per heavy atom. The Balaban J connectivity index is 1.72. The molecule has 0 aliphatic rings. The molecular formula is C17H20N2O5S2. The summed E-state index contributed by atoms with van der Waals surface area (Å²) in [4.78, 5) is 23.5. The van der Waals surface area contributed by atoms with E-state index in [1.807, 2.05) is 19.1 Å². The number of para-hydroxylation sites is 1. The molecule has 1 amide bonds. The highest BCUT2D eigenvalue weighted by Crippen LogP contribution is 2.16. The SMILES string of the molecule is CCc1ccccc1NC(=O)COC(=O)CCNS(=O)(=O)c1cccs1. The third kappa shape index (κ3) is 5.94. The van der Waals surface area contributed by atoms with Crippen molar-refractivity contribution in [2.24, 2.45) is 0 Å². The average Bonchev–Trinajstić information content (AvgIpc) is 3.16. The van der Waals surface area contributed by atoms with E-state index in [2.05, 4.69) is 10.0 Å². The van der Waals surface area contributed by atoms with Crippen molar-refractivity contribution >= 4 is 38.9 Å². The molecule has 2 aromatic rings. The quantitative estimate of drug-likeness (QED) is 0.633. The molecule has 2 N–H and O–H groups in total. The number of rotatable bonds is 9. The number of benzene rings is 1. The van der Waals surface area contributed by atoms with Gasteiger partial charge in [-0.15, -0.1) is 11.3 Å². The molecule has 0 unspecified atom stereocenters. The number of amides is 1. The highest BCUT2D eigenvalue weighted by atomic mass is 32.2. The predicted octanol–water partition coefficient (Wildman–Crippen LogP) is 2.16. The minimum atomic E-state index is -3.61. The zero-order valence-electron chi connectivity index (χ0n) is 14.2. The summed E-state index contributed by atoms with van der Waals surface area (Å²) in [5, 5.41) is 4.34. The Morgan fingerprint density at radius 1 is 1.15 bits per heavy atom. The number of esters is 1. The highest BCUT2D eigenvalue weighted by molar-refractivity contribution is 7.91. The van der Waals surface area contributed by atoms with Crippen LogP contribution in [0.4, 0.5) is 5.69 Å². The van der Waals surface area contributed by atoms with Crippen LogP contribution in [0.3, 0.4) is 0 Å². The summed E-state index contributed by atoms with van der Waals surface area (Å²) in [6.45, 7) is 1.45. The number of aryl methyl sites for hydroxylation is 1. The third-order valence-electron chi connectivity index (χ3n) is 3.42. The molecule has 0 radical (unpaired) electrons. The average molecular weight is 396 g/mol. The number of sulfonamides is 1. The smallest absolute Gasteiger partial charge is 0.307 e. The molecule has 1 aromatic carbocycles. The summed E-state index contributed by atoms with van der Waals surface area (Å²) >= 11 is 1.09. The van der Waals surface area contributed by atoms with Crippen LogP contribution >= 0.6 is 11.3 Å². The van der Waals surface area contributed by atoms with Crippen molar-refractivity contribution in [2.45, 2.75) is 24.0 Å². The highest BCUT2D eigenvalue weighted by Gasteiger charge is 2.15. The summed E-state index contributed by atoms with van der Waals surface area (Å²) in [5.74, 6) is -1.10. The standard InChI is InChI=1S/C17H20N2O5S2/c1-2-13-6-3-4-7-14(13)19-15(20)12-24-16(21)9-10-18-26(22,23)17-8-5-11-25-17/h3-8,11,18H,2,9-10,12H2,1H3,(H,19,20). The van der Waals surface area contributed by atoms with Crippen LogP contribution in [0.5, 0.6) is 0 Å². The Hall–Kier alpha value is -2.23. The first-order valence-corrected chi connectivity index (χ1v) is 10.3. The Bertz CT molecular complexity index is 848. The summed E-state index contributed by atoms with van der Waals surface area (Å²) in [7, 11) is -3.61. The van der Waals surface area contributed by atoms with Crippen molar-refractivity contribution in [3.05, 3.63) is 47.3 Å². The second-order valence-electron chi connectivity index (χ2n) is 5.30. The molecule has 0 saturated heterocycles.